The zero-order chi connectivity index (χ0) is 29.8. The van der Waals surface area contributed by atoms with Crippen LogP contribution in [0.15, 0.2) is 65.6 Å². The maximum absolute atomic E-state index is 12.6. The number of nitrogens with two attached hydrogens (primary N) is 1. The molecule has 226 valence electrons. The van der Waals surface area contributed by atoms with Gasteiger partial charge in [0.15, 0.2) is 0 Å². The second-order valence-corrected chi connectivity index (χ2v) is 12.1. The monoisotopic (exact) mass is 597 g/mol. The Kier molecular flexibility index (Phi) is 10.4. The Bertz CT molecular complexity index is 1560. The average molecular weight is 598 g/mol. The summed E-state index contributed by atoms with van der Waals surface area (Å²) in [4.78, 5) is 31.2. The lowest BCUT2D eigenvalue weighted by atomic mass is 9.94. The number of imidazole rings is 1. The minimum atomic E-state index is -0.764. The zero-order valence-corrected chi connectivity index (χ0v) is 25.5. The molecule has 0 aliphatic rings. The van der Waals surface area contributed by atoms with Gasteiger partial charge in [-0.1, -0.05) is 39.0 Å². The maximum Gasteiger partial charge on any atom is 0.326 e. The van der Waals surface area contributed by atoms with Crippen molar-refractivity contribution in [1.29, 1.82) is 0 Å². The van der Waals surface area contributed by atoms with E-state index in [0.717, 1.165) is 5.56 Å². The molecule has 1 amide bonds. The molecule has 2 heterocycles. The number of pyridine rings is 1. The summed E-state index contributed by atoms with van der Waals surface area (Å²) in [5.74, 6) is 0.654. The number of carbonyl (C=O) groups is 1. The third-order valence-electron chi connectivity index (χ3n) is 6.46. The quantitative estimate of drug-likeness (QED) is 0.189. The van der Waals surface area contributed by atoms with Gasteiger partial charge in [0.2, 0.25) is 5.88 Å². The fourth-order valence-corrected chi connectivity index (χ4v) is 4.59. The highest BCUT2D eigenvalue weighted by atomic mass is 35.5. The van der Waals surface area contributed by atoms with Crippen molar-refractivity contribution in [2.45, 2.75) is 59.2 Å². The lowest BCUT2D eigenvalue weighted by molar-refractivity contribution is 0.0993. The number of amides is 1. The number of halogens is 1. The van der Waals surface area contributed by atoms with Crippen LogP contribution in [0.4, 0.5) is 0 Å². The van der Waals surface area contributed by atoms with E-state index in [2.05, 4.69) is 49.9 Å². The molecular formula is C31H40ClN5O5. The number of aliphatic hydroxyl groups is 1. The molecule has 0 aliphatic carbocycles. The first-order valence-electron chi connectivity index (χ1n) is 13.6. The van der Waals surface area contributed by atoms with Gasteiger partial charge in [-0.25, -0.2) is 9.78 Å². The van der Waals surface area contributed by atoms with E-state index in [-0.39, 0.29) is 47.1 Å². The number of para-hydroxylation sites is 1. The second-order valence-electron chi connectivity index (χ2n) is 12.1. The third kappa shape index (κ3) is 8.58. The van der Waals surface area contributed by atoms with Crippen LogP contribution in [0.25, 0.3) is 11.0 Å². The minimum absolute atomic E-state index is 0. The van der Waals surface area contributed by atoms with E-state index >= 15 is 0 Å². The van der Waals surface area contributed by atoms with Crippen molar-refractivity contribution in [1.82, 2.24) is 19.9 Å². The summed E-state index contributed by atoms with van der Waals surface area (Å²) >= 11 is 0. The van der Waals surface area contributed by atoms with Crippen molar-refractivity contribution in [3.63, 3.8) is 0 Å². The molecule has 2 aromatic carbocycles. The molecule has 5 N–H and O–H groups in total. The molecule has 0 bridgehead atoms. The van der Waals surface area contributed by atoms with Gasteiger partial charge in [-0.3, -0.25) is 9.36 Å². The number of nitrogens with zero attached hydrogens (tertiary/aromatic N) is 2. The number of aliphatic hydroxyl groups excluding tert-OH is 1. The molecule has 0 saturated heterocycles. The van der Waals surface area contributed by atoms with Crippen LogP contribution in [-0.2, 0) is 13.0 Å². The molecule has 0 fully saturated rings. The summed E-state index contributed by atoms with van der Waals surface area (Å²) in [5, 5.41) is 14.1. The first-order valence-corrected chi connectivity index (χ1v) is 13.6. The number of fused-ring (bicyclic) bond motifs is 1. The van der Waals surface area contributed by atoms with Crippen molar-refractivity contribution in [2.24, 2.45) is 11.1 Å². The lowest BCUT2D eigenvalue weighted by Gasteiger charge is -2.28. The van der Waals surface area contributed by atoms with E-state index in [1.54, 1.807) is 16.7 Å². The summed E-state index contributed by atoms with van der Waals surface area (Å²) in [5.41, 5.74) is 7.49. The maximum atomic E-state index is 12.6. The van der Waals surface area contributed by atoms with E-state index in [1.165, 1.54) is 6.20 Å². The standard InChI is InChI=1S/C31H39N5O5.ClH/c1-30(2,3)19-36-26-24(35-29(36)39)9-6-10-25(26)40-18-21(37)17-34-31(4,5)16-20-11-13-22(14-12-20)41-28-23(27(32)38)8-7-15-33-28;/h6-15,21,34,37H,16-19H2,1-5H3,(H2,32,38)(H,35,39);1H/t21-;/m0./s1. The van der Waals surface area contributed by atoms with Gasteiger partial charge in [-0.05, 0) is 67.6 Å². The predicted molar refractivity (Wildman–Crippen MR) is 166 cm³/mol. The van der Waals surface area contributed by atoms with Gasteiger partial charge in [0.05, 0.1) is 5.52 Å². The number of primary amides is 1. The molecule has 0 aliphatic heterocycles. The molecule has 11 heteroatoms. The summed E-state index contributed by atoms with van der Waals surface area (Å²) in [6.07, 6.45) is 1.47. The molecule has 0 saturated carbocycles. The van der Waals surface area contributed by atoms with Crippen LogP contribution in [0.1, 0.15) is 50.5 Å². The molecule has 10 nitrogen and oxygen atoms in total. The van der Waals surface area contributed by atoms with Gasteiger partial charge in [0.1, 0.15) is 35.3 Å². The van der Waals surface area contributed by atoms with Crippen LogP contribution in [0, 0.1) is 5.41 Å². The molecular weight excluding hydrogens is 558 g/mol. The smallest absolute Gasteiger partial charge is 0.326 e. The number of nitrogens with one attached hydrogen (secondary N) is 2. The number of H-pyrrole nitrogens is 1. The molecule has 42 heavy (non-hydrogen) atoms. The number of aromatic nitrogens is 3. The summed E-state index contributed by atoms with van der Waals surface area (Å²) in [6, 6.07) is 16.2. The van der Waals surface area contributed by atoms with Crippen LogP contribution < -0.4 is 26.2 Å². The lowest BCUT2D eigenvalue weighted by Crippen LogP contribution is -2.46. The van der Waals surface area contributed by atoms with Crippen LogP contribution >= 0.6 is 12.4 Å². The average Bonchev–Trinajstić information content (AvgIpc) is 3.21. The number of aromatic amines is 1. The van der Waals surface area contributed by atoms with Crippen LogP contribution in [0.3, 0.4) is 0 Å². The SMILES string of the molecule is CC(C)(C)Cn1c(=O)[nH]c2cccc(OC[C@@H](O)CNC(C)(C)Cc3ccc(Oc4ncccc4C(N)=O)cc3)c21.Cl. The summed E-state index contributed by atoms with van der Waals surface area (Å²) in [6.45, 7) is 11.3. The van der Waals surface area contributed by atoms with Crippen molar-refractivity contribution in [3.8, 4) is 17.4 Å². The number of β-amino-alcohol motifs (C(OH)–C–C–N with tert-alkyl or cyclic N) is 1. The molecule has 4 rings (SSSR count). The molecule has 0 spiro atoms. The van der Waals surface area contributed by atoms with Crippen LogP contribution in [0.5, 0.6) is 17.4 Å². The topological polar surface area (TPSA) is 144 Å². The van der Waals surface area contributed by atoms with E-state index in [0.29, 0.717) is 42.0 Å². The Hall–Kier alpha value is -3.86. The van der Waals surface area contributed by atoms with Gasteiger partial charge < -0.3 is 30.6 Å². The number of hydrogen-bond donors (Lipinski definition) is 4. The van der Waals surface area contributed by atoms with Gasteiger partial charge in [-0.2, -0.15) is 0 Å². The van der Waals surface area contributed by atoms with E-state index in [9.17, 15) is 14.7 Å². The third-order valence-corrected chi connectivity index (χ3v) is 6.46. The Morgan fingerprint density at radius 2 is 1.81 bits per heavy atom. The molecule has 2 aromatic heterocycles. The second kappa shape index (κ2) is 13.4. The number of benzene rings is 2. The van der Waals surface area contributed by atoms with Gasteiger partial charge in [0, 0.05) is 24.8 Å². The number of ether oxygens (including phenoxy) is 2. The molecule has 0 unspecified atom stereocenters. The van der Waals surface area contributed by atoms with Gasteiger partial charge in [0.25, 0.3) is 5.91 Å². The summed E-state index contributed by atoms with van der Waals surface area (Å²) < 4.78 is 13.5. The van der Waals surface area contributed by atoms with Crippen LogP contribution in [0.2, 0.25) is 0 Å². The largest absolute Gasteiger partial charge is 0.489 e. The van der Waals surface area contributed by atoms with Crippen molar-refractivity contribution >= 4 is 29.3 Å². The van der Waals surface area contributed by atoms with Gasteiger partial charge >= 0.3 is 5.69 Å². The Labute approximate surface area is 251 Å². The first-order chi connectivity index (χ1) is 19.3. The molecule has 4 aromatic rings. The van der Waals surface area contributed by atoms with Gasteiger partial charge in [-0.15, -0.1) is 12.4 Å². The summed E-state index contributed by atoms with van der Waals surface area (Å²) in [7, 11) is 0. The van der Waals surface area contributed by atoms with E-state index in [4.69, 9.17) is 15.2 Å². The highest BCUT2D eigenvalue weighted by Gasteiger charge is 2.21. The highest BCUT2D eigenvalue weighted by Crippen LogP contribution is 2.27. The fraction of sp³-hybridized carbons (Fsp3) is 0.387. The number of carbonyl (C=O) groups excluding carboxylic acids is 1. The Balaban J connectivity index is 0.00000484. The van der Waals surface area contributed by atoms with Crippen molar-refractivity contribution < 1.29 is 19.4 Å². The minimum Gasteiger partial charge on any atom is -0.489 e. The molecule has 0 radical (unpaired) electrons. The predicted octanol–water partition coefficient (Wildman–Crippen LogP) is 4.43. The fourth-order valence-electron chi connectivity index (χ4n) is 4.59. The Morgan fingerprint density at radius 3 is 2.48 bits per heavy atom. The van der Waals surface area contributed by atoms with Crippen molar-refractivity contribution in [3.05, 3.63) is 82.4 Å². The molecule has 1 atom stereocenters. The zero-order valence-electron chi connectivity index (χ0n) is 24.6. The number of rotatable bonds is 12. The van der Waals surface area contributed by atoms with Crippen molar-refractivity contribution in [2.75, 3.05) is 13.2 Å². The normalized spacial score (nSPS) is 12.5. The first kappa shape index (κ1) is 32.7. The van der Waals surface area contributed by atoms with Crippen LogP contribution in [-0.4, -0.2) is 50.3 Å². The van der Waals surface area contributed by atoms with E-state index in [1.807, 2.05) is 42.5 Å². The van der Waals surface area contributed by atoms with E-state index < -0.39 is 12.0 Å². The highest BCUT2D eigenvalue weighted by molar-refractivity contribution is 5.95. The number of hydrogen-bond acceptors (Lipinski definition) is 7. The Morgan fingerprint density at radius 1 is 1.10 bits per heavy atom.